The third-order valence-corrected chi connectivity index (χ3v) is 7.91. The molecule has 2 fully saturated rings. The molecule has 4 heterocycles. The van der Waals surface area contributed by atoms with Gasteiger partial charge in [0, 0.05) is 35.4 Å². The number of hydrogen-bond donors (Lipinski definition) is 1. The van der Waals surface area contributed by atoms with Crippen molar-refractivity contribution in [2.45, 2.75) is 43.4 Å². The highest BCUT2D eigenvalue weighted by Gasteiger charge is 2.47. The first-order valence-corrected chi connectivity index (χ1v) is 10.1. The molecule has 0 aliphatic carbocycles. The molecular weight excluding hydrogens is 322 g/mol. The first-order valence-electron chi connectivity index (χ1n) is 8.34. The lowest BCUT2D eigenvalue weighted by molar-refractivity contribution is -0.928. The lowest BCUT2D eigenvalue weighted by atomic mass is 9.88. The number of thiophene rings is 2. The van der Waals surface area contributed by atoms with Gasteiger partial charge >= 0.3 is 0 Å². The van der Waals surface area contributed by atoms with Crippen LogP contribution in [0.2, 0.25) is 0 Å². The van der Waals surface area contributed by atoms with Gasteiger partial charge in [-0.2, -0.15) is 0 Å². The Bertz CT molecular complexity index is 648. The molecule has 0 amide bonds. The van der Waals surface area contributed by atoms with Gasteiger partial charge < -0.3 is 9.59 Å². The molecule has 4 rings (SSSR count). The minimum atomic E-state index is -0.953. The van der Waals surface area contributed by atoms with Crippen LogP contribution in [0.15, 0.2) is 46.7 Å². The molecule has 2 saturated heterocycles. The summed E-state index contributed by atoms with van der Waals surface area (Å²) in [4.78, 5) is 2.05. The number of aliphatic hydroxyl groups is 1. The lowest BCUT2D eigenvalue weighted by Gasteiger charge is -2.42. The van der Waals surface area contributed by atoms with Gasteiger partial charge in [-0.15, -0.1) is 22.7 Å². The van der Waals surface area contributed by atoms with Gasteiger partial charge in [-0.25, -0.2) is 0 Å². The quantitative estimate of drug-likeness (QED) is 0.646. The minimum Gasteiger partial charge on any atom is -0.375 e. The highest BCUT2D eigenvalue weighted by Crippen LogP contribution is 2.45. The molecule has 0 unspecified atom stereocenters. The van der Waals surface area contributed by atoms with Crippen molar-refractivity contribution in [3.8, 4) is 0 Å². The molecule has 0 radical (unpaired) electrons. The van der Waals surface area contributed by atoms with Crippen molar-refractivity contribution in [1.82, 2.24) is 0 Å². The average Bonchev–Trinajstić information content (AvgIpc) is 3.22. The summed E-state index contributed by atoms with van der Waals surface area (Å²) in [6.07, 6.45) is 7.08. The van der Waals surface area contributed by atoms with E-state index in [2.05, 4.69) is 43.1 Å². The summed E-state index contributed by atoms with van der Waals surface area (Å²) in [5.74, 6) is 0. The lowest BCUT2D eigenvalue weighted by Crippen LogP contribution is -2.53. The van der Waals surface area contributed by atoms with E-state index < -0.39 is 5.60 Å². The molecular formula is C19H24NOS2+. The Morgan fingerprint density at radius 1 is 1.04 bits per heavy atom. The second-order valence-electron chi connectivity index (χ2n) is 7.45. The monoisotopic (exact) mass is 346 g/mol. The van der Waals surface area contributed by atoms with Crippen molar-refractivity contribution in [3.63, 3.8) is 0 Å². The molecule has 23 heavy (non-hydrogen) atoms. The van der Waals surface area contributed by atoms with Gasteiger partial charge in [0.25, 0.3) is 0 Å². The van der Waals surface area contributed by atoms with Crippen LogP contribution in [0.3, 0.4) is 0 Å². The predicted molar refractivity (Wildman–Crippen MR) is 97.9 cm³/mol. The highest BCUT2D eigenvalue weighted by molar-refractivity contribution is 7.11. The standard InChI is InChI=1S/C19H24NOS2/c1-20(2)15-7-8-16(20)12-14(11-15)13-19(21,17-5-3-9-22-17)18-6-4-10-23-18/h3-6,9-10,13,15-16,21H,7-8,11-12H2,1-2H3/q+1/t15-,16+. The van der Waals surface area contributed by atoms with E-state index in [1.165, 1.54) is 18.4 Å². The molecule has 0 saturated carbocycles. The van der Waals surface area contributed by atoms with Gasteiger partial charge in [0.1, 0.15) is 0 Å². The number of piperidine rings is 1. The summed E-state index contributed by atoms with van der Waals surface area (Å²) in [5, 5.41) is 15.7. The predicted octanol–water partition coefficient (Wildman–Crippen LogP) is 4.37. The maximum Gasteiger partial charge on any atom is 0.152 e. The van der Waals surface area contributed by atoms with E-state index in [0.717, 1.165) is 39.2 Å². The summed E-state index contributed by atoms with van der Waals surface area (Å²) >= 11 is 3.28. The zero-order chi connectivity index (χ0) is 16.1. The third kappa shape index (κ3) is 2.52. The summed E-state index contributed by atoms with van der Waals surface area (Å²) in [6, 6.07) is 9.60. The second kappa shape index (κ2) is 5.55. The van der Waals surface area contributed by atoms with Crippen molar-refractivity contribution in [2.24, 2.45) is 0 Å². The average molecular weight is 347 g/mol. The summed E-state index contributed by atoms with van der Waals surface area (Å²) in [5.41, 5.74) is 0.491. The van der Waals surface area contributed by atoms with Crippen LogP contribution < -0.4 is 0 Å². The molecule has 0 aromatic carbocycles. The Kier molecular flexibility index (Phi) is 3.76. The van der Waals surface area contributed by atoms with Gasteiger partial charge in [-0.3, -0.25) is 0 Å². The van der Waals surface area contributed by atoms with Crippen molar-refractivity contribution in [1.29, 1.82) is 0 Å². The van der Waals surface area contributed by atoms with Crippen LogP contribution in [0.4, 0.5) is 0 Å². The summed E-state index contributed by atoms with van der Waals surface area (Å²) < 4.78 is 1.16. The van der Waals surface area contributed by atoms with E-state index in [9.17, 15) is 5.11 Å². The van der Waals surface area contributed by atoms with Crippen molar-refractivity contribution in [3.05, 3.63) is 56.4 Å². The molecule has 2 aliphatic heterocycles. The van der Waals surface area contributed by atoms with E-state index in [-0.39, 0.29) is 0 Å². The fraction of sp³-hybridized carbons (Fsp3) is 0.474. The first kappa shape index (κ1) is 15.6. The first-order chi connectivity index (χ1) is 11.0. The van der Waals surface area contributed by atoms with Crippen LogP contribution >= 0.6 is 22.7 Å². The maximum atomic E-state index is 11.5. The highest BCUT2D eigenvalue weighted by atomic mass is 32.1. The van der Waals surface area contributed by atoms with Crippen LogP contribution in [0.25, 0.3) is 0 Å². The van der Waals surface area contributed by atoms with Crippen LogP contribution in [0.5, 0.6) is 0 Å². The topological polar surface area (TPSA) is 20.2 Å². The number of hydrogen-bond acceptors (Lipinski definition) is 3. The number of quaternary nitrogens is 1. The minimum absolute atomic E-state index is 0.718. The van der Waals surface area contributed by atoms with Gasteiger partial charge in [0.2, 0.25) is 0 Å². The van der Waals surface area contributed by atoms with Gasteiger partial charge in [0.05, 0.1) is 26.2 Å². The number of fused-ring (bicyclic) bond motifs is 2. The molecule has 0 spiro atoms. The van der Waals surface area contributed by atoms with Crippen molar-refractivity contribution >= 4 is 22.7 Å². The van der Waals surface area contributed by atoms with E-state index in [4.69, 9.17) is 0 Å². The maximum absolute atomic E-state index is 11.5. The smallest absolute Gasteiger partial charge is 0.152 e. The second-order valence-corrected chi connectivity index (χ2v) is 9.34. The molecule has 122 valence electrons. The van der Waals surface area contributed by atoms with Gasteiger partial charge in [-0.05, 0) is 29.0 Å². The molecule has 2 nitrogen and oxygen atoms in total. The molecule has 1 N–H and O–H groups in total. The molecule has 2 bridgehead atoms. The van der Waals surface area contributed by atoms with Crippen molar-refractivity contribution in [2.75, 3.05) is 14.1 Å². The van der Waals surface area contributed by atoms with E-state index >= 15 is 0 Å². The van der Waals surface area contributed by atoms with Crippen LogP contribution in [-0.4, -0.2) is 35.8 Å². The largest absolute Gasteiger partial charge is 0.375 e. The van der Waals surface area contributed by atoms with E-state index in [1.54, 1.807) is 22.7 Å². The van der Waals surface area contributed by atoms with Gasteiger partial charge in [-0.1, -0.05) is 17.7 Å². The van der Waals surface area contributed by atoms with Crippen LogP contribution in [0.1, 0.15) is 35.4 Å². The fourth-order valence-electron chi connectivity index (χ4n) is 4.38. The molecule has 2 atom stereocenters. The Morgan fingerprint density at radius 3 is 2.00 bits per heavy atom. The number of nitrogens with zero attached hydrogens (tertiary/aromatic N) is 1. The van der Waals surface area contributed by atoms with E-state index in [0.29, 0.717) is 0 Å². The SMILES string of the molecule is C[N+]1(C)[C@@H]2CC[C@H]1CC(=CC(O)(c1cccs1)c1cccs1)C2. The number of rotatable bonds is 3. The third-order valence-electron chi connectivity index (χ3n) is 5.92. The van der Waals surface area contributed by atoms with Crippen LogP contribution in [-0.2, 0) is 5.60 Å². The Morgan fingerprint density at radius 2 is 1.57 bits per heavy atom. The van der Waals surface area contributed by atoms with Gasteiger partial charge in [0.15, 0.2) is 5.60 Å². The molecule has 4 heteroatoms. The summed E-state index contributed by atoms with van der Waals surface area (Å²) in [6.45, 7) is 0. The zero-order valence-electron chi connectivity index (χ0n) is 13.7. The molecule has 2 aromatic heterocycles. The zero-order valence-corrected chi connectivity index (χ0v) is 15.4. The fourth-order valence-corrected chi connectivity index (χ4v) is 6.06. The Hall–Kier alpha value is -0.940. The Balaban J connectivity index is 1.72. The van der Waals surface area contributed by atoms with E-state index in [1.807, 2.05) is 12.1 Å². The Labute approximate surface area is 146 Å². The van der Waals surface area contributed by atoms with Crippen LogP contribution in [0, 0.1) is 0 Å². The molecule has 2 aliphatic rings. The molecule has 2 aromatic rings. The normalized spacial score (nSPS) is 28.4. The summed E-state index contributed by atoms with van der Waals surface area (Å²) in [7, 11) is 4.76. The van der Waals surface area contributed by atoms with Crippen molar-refractivity contribution < 1.29 is 9.59 Å².